The molecule has 0 atom stereocenters. The van der Waals surface area contributed by atoms with E-state index in [1.807, 2.05) is 0 Å². The van der Waals surface area contributed by atoms with E-state index in [1.165, 1.54) is 0 Å². The predicted molar refractivity (Wildman–Crippen MR) is 32.7 cm³/mol. The molecule has 0 aliphatic carbocycles. The minimum Gasteiger partial charge on any atom is -0.264 e. The summed E-state index contributed by atoms with van der Waals surface area (Å²) in [6.07, 6.45) is 0. The van der Waals surface area contributed by atoms with Gasteiger partial charge in [-0.3, -0.25) is 9.11 Å². The first kappa shape index (κ1) is 15.6. The van der Waals surface area contributed by atoms with Gasteiger partial charge < -0.3 is 0 Å². The lowest BCUT2D eigenvalue weighted by Crippen LogP contribution is -1.89. The quantitative estimate of drug-likeness (QED) is 0.281. The normalized spacial score (nSPS) is 8.29. The SMILES string of the molecule is B.O=S(=O)(O)O.[MgH2]. The molecule has 0 aromatic heterocycles. The fourth-order valence-corrected chi connectivity index (χ4v) is 0. The Kier molecular flexibility index (Phi) is 10.8. The molecule has 0 heterocycles. The van der Waals surface area contributed by atoms with E-state index in [2.05, 4.69) is 0 Å². The van der Waals surface area contributed by atoms with Gasteiger partial charge in [-0.25, -0.2) is 0 Å². The molecule has 0 aromatic carbocycles. The van der Waals surface area contributed by atoms with Crippen molar-refractivity contribution in [3.63, 3.8) is 0 Å². The molecular formula is H7BMgO4S. The van der Waals surface area contributed by atoms with Gasteiger partial charge in [0.05, 0.1) is 8.41 Å². The first-order valence-electron chi connectivity index (χ1n) is 0.698. The highest BCUT2D eigenvalue weighted by atomic mass is 32.3. The third-order valence-electron chi connectivity index (χ3n) is 0. The molecule has 7 heavy (non-hydrogen) atoms. The lowest BCUT2D eigenvalue weighted by molar-refractivity contribution is 0.381. The van der Waals surface area contributed by atoms with Crippen molar-refractivity contribution in [2.24, 2.45) is 0 Å². The summed E-state index contributed by atoms with van der Waals surface area (Å²) in [5, 5.41) is 0. The Bertz CT molecular complexity index is 94.9. The Labute approximate surface area is 59.6 Å². The summed E-state index contributed by atoms with van der Waals surface area (Å²) in [7, 11) is -4.67. The largest absolute Gasteiger partial charge is 0.394 e. The molecule has 0 amide bonds. The van der Waals surface area contributed by atoms with E-state index in [0.717, 1.165) is 0 Å². The molecule has 42 valence electrons. The van der Waals surface area contributed by atoms with Crippen molar-refractivity contribution < 1.29 is 17.5 Å². The molecule has 7 heteroatoms. The summed E-state index contributed by atoms with van der Waals surface area (Å²) < 4.78 is 31.6. The Balaban J connectivity index is -0.0000000800. The molecule has 4 nitrogen and oxygen atoms in total. The van der Waals surface area contributed by atoms with Crippen molar-refractivity contribution >= 4 is 41.9 Å². The first-order valence-corrected chi connectivity index (χ1v) is 2.10. The molecule has 0 aliphatic heterocycles. The van der Waals surface area contributed by atoms with E-state index >= 15 is 0 Å². The zero-order chi connectivity index (χ0) is 4.50. The Morgan fingerprint density at radius 1 is 1.14 bits per heavy atom. The summed E-state index contributed by atoms with van der Waals surface area (Å²) in [5.74, 6) is 0. The Morgan fingerprint density at radius 2 is 1.14 bits per heavy atom. The molecule has 0 unspecified atom stereocenters. The maximum absolute atomic E-state index is 8.74. The van der Waals surface area contributed by atoms with Gasteiger partial charge in [0.25, 0.3) is 0 Å². The maximum atomic E-state index is 8.74. The molecule has 0 aromatic rings. The summed E-state index contributed by atoms with van der Waals surface area (Å²) in [6, 6.07) is 0. The van der Waals surface area contributed by atoms with Gasteiger partial charge in [-0.15, -0.1) is 0 Å². The van der Waals surface area contributed by atoms with Crippen molar-refractivity contribution in [2.75, 3.05) is 0 Å². The zero-order valence-corrected chi connectivity index (χ0v) is 2.94. The maximum Gasteiger partial charge on any atom is 0.394 e. The van der Waals surface area contributed by atoms with E-state index in [4.69, 9.17) is 17.5 Å². The molecule has 0 saturated carbocycles. The highest BCUT2D eigenvalue weighted by molar-refractivity contribution is 7.79. The van der Waals surface area contributed by atoms with Gasteiger partial charge in [0.2, 0.25) is 0 Å². The van der Waals surface area contributed by atoms with Crippen LogP contribution in [0.3, 0.4) is 0 Å². The molecule has 0 bridgehead atoms. The Hall–Kier alpha value is 0.701. The van der Waals surface area contributed by atoms with Crippen molar-refractivity contribution in [2.45, 2.75) is 0 Å². The second-order valence-corrected chi connectivity index (χ2v) is 1.34. The van der Waals surface area contributed by atoms with Gasteiger partial charge >= 0.3 is 33.5 Å². The van der Waals surface area contributed by atoms with E-state index in [-0.39, 0.29) is 31.5 Å². The average Bonchev–Trinajstić information content (AvgIpc) is 0.722. The van der Waals surface area contributed by atoms with Crippen LogP contribution < -0.4 is 0 Å². The van der Waals surface area contributed by atoms with Crippen LogP contribution in [0.2, 0.25) is 0 Å². The predicted octanol–water partition coefficient (Wildman–Crippen LogP) is -2.75. The second-order valence-electron chi connectivity index (χ2n) is 0.448. The molecule has 2 N–H and O–H groups in total. The van der Waals surface area contributed by atoms with Crippen LogP contribution in [0.15, 0.2) is 0 Å². The van der Waals surface area contributed by atoms with Crippen molar-refractivity contribution in [1.82, 2.24) is 0 Å². The molecule has 0 fully saturated rings. The molecule has 0 radical (unpaired) electrons. The van der Waals surface area contributed by atoms with Crippen LogP contribution in [0.25, 0.3) is 0 Å². The van der Waals surface area contributed by atoms with E-state index < -0.39 is 10.4 Å². The molecule has 0 rings (SSSR count). The molecule has 0 spiro atoms. The van der Waals surface area contributed by atoms with Crippen molar-refractivity contribution in [1.29, 1.82) is 0 Å². The van der Waals surface area contributed by atoms with Crippen molar-refractivity contribution in [3.05, 3.63) is 0 Å². The van der Waals surface area contributed by atoms with Gasteiger partial charge in [0, 0.05) is 0 Å². The van der Waals surface area contributed by atoms with Crippen LogP contribution in [0.5, 0.6) is 0 Å². The van der Waals surface area contributed by atoms with Gasteiger partial charge in [0.15, 0.2) is 0 Å². The first-order chi connectivity index (χ1) is 2.00. The van der Waals surface area contributed by atoms with Crippen molar-refractivity contribution in [3.8, 4) is 0 Å². The van der Waals surface area contributed by atoms with Gasteiger partial charge in [0.1, 0.15) is 0 Å². The topological polar surface area (TPSA) is 74.6 Å². The average molecular weight is 138 g/mol. The van der Waals surface area contributed by atoms with Gasteiger partial charge in [-0.2, -0.15) is 8.42 Å². The third kappa shape index (κ3) is 301. The fourth-order valence-electron chi connectivity index (χ4n) is 0. The van der Waals surface area contributed by atoms with E-state index in [9.17, 15) is 0 Å². The number of rotatable bonds is 0. The van der Waals surface area contributed by atoms with Crippen LogP contribution in [0, 0.1) is 0 Å². The van der Waals surface area contributed by atoms with Crippen LogP contribution in [-0.4, -0.2) is 49.0 Å². The van der Waals surface area contributed by atoms with E-state index in [1.54, 1.807) is 0 Å². The highest BCUT2D eigenvalue weighted by Crippen LogP contribution is 1.59. The Morgan fingerprint density at radius 3 is 1.14 bits per heavy atom. The standard InChI is InChI=1S/BH3.Mg.H2O4S.2H/c;;1-5(2,3)4;;/h1H3;;(H2,1,2,3,4);;. The third-order valence-corrected chi connectivity index (χ3v) is 0. The smallest absolute Gasteiger partial charge is 0.264 e. The number of hydrogen-bond acceptors (Lipinski definition) is 2. The summed E-state index contributed by atoms with van der Waals surface area (Å²) >= 11 is 0. The van der Waals surface area contributed by atoms with Crippen LogP contribution >= 0.6 is 0 Å². The second kappa shape index (κ2) is 4.85. The van der Waals surface area contributed by atoms with Crippen LogP contribution in [-0.2, 0) is 10.4 Å². The molecule has 0 saturated heterocycles. The summed E-state index contributed by atoms with van der Waals surface area (Å²) in [5.41, 5.74) is 0. The number of hydrogen-bond donors (Lipinski definition) is 2. The summed E-state index contributed by atoms with van der Waals surface area (Å²) in [6.45, 7) is 0. The lowest BCUT2D eigenvalue weighted by Gasteiger charge is -1.68. The minimum atomic E-state index is -4.67. The minimum absolute atomic E-state index is 0. The molecule has 0 aliphatic rings. The molecular weight excluding hydrogens is 131 g/mol. The lowest BCUT2D eigenvalue weighted by atomic mass is 10.8. The highest BCUT2D eigenvalue weighted by Gasteiger charge is 1.84. The van der Waals surface area contributed by atoms with Crippen LogP contribution in [0.4, 0.5) is 0 Å². The summed E-state index contributed by atoms with van der Waals surface area (Å²) in [4.78, 5) is 0. The fraction of sp³-hybridized carbons (Fsp3) is 0. The monoisotopic (exact) mass is 138 g/mol. The zero-order valence-electron chi connectivity index (χ0n) is 2.12. The van der Waals surface area contributed by atoms with E-state index in [0.29, 0.717) is 0 Å². The van der Waals surface area contributed by atoms with Gasteiger partial charge in [-0.1, -0.05) is 0 Å². The van der Waals surface area contributed by atoms with Gasteiger partial charge in [-0.05, 0) is 0 Å². The van der Waals surface area contributed by atoms with Crippen LogP contribution in [0.1, 0.15) is 0 Å².